The van der Waals surface area contributed by atoms with Crippen LogP contribution in [-0.4, -0.2) is 66.7 Å². The molecule has 1 amide bonds. The molecule has 3 unspecified atom stereocenters. The number of aliphatic hydroxyl groups is 2. The van der Waals surface area contributed by atoms with Gasteiger partial charge in [-0.15, -0.1) is 0 Å². The molecule has 0 aromatic carbocycles. The predicted molar refractivity (Wildman–Crippen MR) is 153 cm³/mol. The predicted octanol–water partition coefficient (Wildman–Crippen LogP) is 3.44. The zero-order chi connectivity index (χ0) is 29.1. The van der Waals surface area contributed by atoms with Crippen molar-refractivity contribution < 1.29 is 19.7 Å². The van der Waals surface area contributed by atoms with E-state index in [1.165, 1.54) is 6.20 Å². The third-order valence-electron chi connectivity index (χ3n) is 8.84. The second kappa shape index (κ2) is 10.00. The van der Waals surface area contributed by atoms with Gasteiger partial charge in [0.15, 0.2) is 0 Å². The first-order chi connectivity index (χ1) is 19.4. The molecule has 3 N–H and O–H groups in total. The second-order valence-corrected chi connectivity index (χ2v) is 13.2. The van der Waals surface area contributed by atoms with E-state index < -0.39 is 11.7 Å². The molecule has 4 fully saturated rings. The molecular formula is C31H38N6O4. The van der Waals surface area contributed by atoms with Crippen LogP contribution in [0.2, 0.25) is 0 Å². The van der Waals surface area contributed by atoms with Crippen LogP contribution in [0.25, 0.3) is 16.6 Å². The summed E-state index contributed by atoms with van der Waals surface area (Å²) in [5.41, 5.74) is 1.48. The van der Waals surface area contributed by atoms with Crippen molar-refractivity contribution in [2.45, 2.75) is 89.1 Å². The van der Waals surface area contributed by atoms with Gasteiger partial charge in [0.1, 0.15) is 30.3 Å². The summed E-state index contributed by atoms with van der Waals surface area (Å²) in [5.74, 6) is 1.63. The van der Waals surface area contributed by atoms with Gasteiger partial charge in [0.05, 0.1) is 29.1 Å². The SMILES string of the molecule is CC(C)C(O)C(=O)NC12CC3CC(C1)N(c1ccc(-c4cc(OCC(C)(C)O)cn5ncc(C#N)c45)cn1)C(C3)C2. The molecule has 10 heteroatoms. The number of nitrogens with one attached hydrogen (secondary N) is 1. The van der Waals surface area contributed by atoms with Gasteiger partial charge < -0.3 is 25.2 Å². The molecule has 3 aromatic rings. The Bertz CT molecular complexity index is 1490. The fourth-order valence-corrected chi connectivity index (χ4v) is 7.23. The molecule has 4 aliphatic rings. The minimum Gasteiger partial charge on any atom is -0.489 e. The maximum Gasteiger partial charge on any atom is 0.249 e. The summed E-state index contributed by atoms with van der Waals surface area (Å²) in [7, 11) is 0. The summed E-state index contributed by atoms with van der Waals surface area (Å²) < 4.78 is 7.50. The van der Waals surface area contributed by atoms with Crippen molar-refractivity contribution in [1.82, 2.24) is 19.9 Å². The number of aromatic nitrogens is 3. The van der Waals surface area contributed by atoms with E-state index >= 15 is 0 Å². The maximum absolute atomic E-state index is 12.8. The van der Waals surface area contributed by atoms with E-state index in [1.54, 1.807) is 24.6 Å². The minimum absolute atomic E-state index is 0.110. The van der Waals surface area contributed by atoms with Crippen molar-refractivity contribution in [3.63, 3.8) is 0 Å². The van der Waals surface area contributed by atoms with Crippen molar-refractivity contribution >= 4 is 17.2 Å². The third kappa shape index (κ3) is 5.13. The Balaban J connectivity index is 1.27. The highest BCUT2D eigenvalue weighted by Crippen LogP contribution is 2.52. The summed E-state index contributed by atoms with van der Waals surface area (Å²) in [6, 6.07) is 8.70. The lowest BCUT2D eigenvalue weighted by molar-refractivity contribution is -0.135. The van der Waals surface area contributed by atoms with Crippen LogP contribution in [0.3, 0.4) is 0 Å². The number of piperidine rings is 2. The fraction of sp³-hybridized carbons (Fsp3) is 0.548. The van der Waals surface area contributed by atoms with Gasteiger partial charge in [-0.05, 0) is 76.0 Å². The van der Waals surface area contributed by atoms with E-state index in [1.807, 2.05) is 38.2 Å². The molecule has 2 saturated heterocycles. The highest BCUT2D eigenvalue weighted by atomic mass is 16.5. The molecule has 2 aliphatic heterocycles. The first-order valence-electron chi connectivity index (χ1n) is 14.5. The molecule has 216 valence electrons. The van der Waals surface area contributed by atoms with Gasteiger partial charge in [-0.3, -0.25) is 4.79 Å². The Labute approximate surface area is 239 Å². The third-order valence-corrected chi connectivity index (χ3v) is 8.84. The number of hydrogen-bond donors (Lipinski definition) is 3. The topological polar surface area (TPSA) is 136 Å². The molecule has 3 aromatic heterocycles. The average Bonchev–Trinajstić information content (AvgIpc) is 3.33. The molecule has 41 heavy (non-hydrogen) atoms. The van der Waals surface area contributed by atoms with Crippen molar-refractivity contribution in [3.05, 3.63) is 42.4 Å². The number of aliphatic hydroxyl groups excluding tert-OH is 1. The van der Waals surface area contributed by atoms with Crippen molar-refractivity contribution in [3.8, 4) is 22.9 Å². The van der Waals surface area contributed by atoms with E-state index in [4.69, 9.17) is 9.72 Å². The Kier molecular flexibility index (Phi) is 6.70. The van der Waals surface area contributed by atoms with E-state index in [0.29, 0.717) is 22.7 Å². The van der Waals surface area contributed by atoms with Gasteiger partial charge in [-0.25, -0.2) is 9.50 Å². The molecule has 2 saturated carbocycles. The number of pyridine rings is 2. The van der Waals surface area contributed by atoms with Crippen molar-refractivity contribution in [2.75, 3.05) is 11.5 Å². The second-order valence-electron chi connectivity index (χ2n) is 13.2. The minimum atomic E-state index is -0.997. The highest BCUT2D eigenvalue weighted by Gasteiger charge is 2.55. The quantitative estimate of drug-likeness (QED) is 0.383. The van der Waals surface area contributed by atoms with Crippen LogP contribution in [-0.2, 0) is 4.79 Å². The van der Waals surface area contributed by atoms with Gasteiger partial charge in [0.25, 0.3) is 0 Å². The van der Waals surface area contributed by atoms with Crippen molar-refractivity contribution in [2.24, 2.45) is 11.8 Å². The van der Waals surface area contributed by atoms with Crippen LogP contribution in [0, 0.1) is 23.2 Å². The van der Waals surface area contributed by atoms with E-state index in [0.717, 1.165) is 49.0 Å². The van der Waals surface area contributed by atoms with E-state index in [9.17, 15) is 20.3 Å². The lowest BCUT2D eigenvalue weighted by Crippen LogP contribution is -2.70. The molecule has 3 atom stereocenters. The van der Waals surface area contributed by atoms with E-state index in [-0.39, 0.29) is 36.1 Å². The number of amides is 1. The van der Waals surface area contributed by atoms with Gasteiger partial charge in [-0.2, -0.15) is 10.4 Å². The summed E-state index contributed by atoms with van der Waals surface area (Å²) in [4.78, 5) is 20.1. The fourth-order valence-electron chi connectivity index (χ4n) is 7.23. The zero-order valence-electron chi connectivity index (χ0n) is 24.0. The number of fused-ring (bicyclic) bond motifs is 1. The number of rotatable bonds is 8. The molecule has 4 bridgehead atoms. The lowest BCUT2D eigenvalue weighted by atomic mass is 9.59. The molecule has 5 heterocycles. The van der Waals surface area contributed by atoms with Gasteiger partial charge >= 0.3 is 0 Å². The van der Waals surface area contributed by atoms with Crippen LogP contribution in [0.1, 0.15) is 65.4 Å². The van der Waals surface area contributed by atoms with Crippen LogP contribution in [0.5, 0.6) is 5.75 Å². The standard InChI is InChI=1S/C31H38N6O4/c1-18(2)28(38)29(39)35-31-10-19-7-22(11-31)37(23(8-19)12-31)26-6-5-20(14-33-26)25-9-24(41-17-30(3,4)40)16-36-27(25)21(13-32)15-34-36/h5-6,9,14-16,18-19,22-23,28,38,40H,7-8,10-12,17H2,1-4H3,(H,35,39). The number of carbonyl (C=O) groups excluding carboxylic acids is 1. The smallest absolute Gasteiger partial charge is 0.249 e. The van der Waals surface area contributed by atoms with Crippen LogP contribution in [0.4, 0.5) is 5.82 Å². The number of hydrogen-bond acceptors (Lipinski definition) is 8. The Morgan fingerprint density at radius 2 is 1.98 bits per heavy atom. The molecule has 2 aliphatic carbocycles. The molecule has 10 nitrogen and oxygen atoms in total. The van der Waals surface area contributed by atoms with Crippen LogP contribution < -0.4 is 15.0 Å². The van der Waals surface area contributed by atoms with Crippen LogP contribution in [0.15, 0.2) is 36.8 Å². The lowest BCUT2D eigenvalue weighted by Gasteiger charge is -2.62. The first-order valence-corrected chi connectivity index (χ1v) is 14.5. The average molecular weight is 559 g/mol. The Morgan fingerprint density at radius 3 is 2.59 bits per heavy atom. The van der Waals surface area contributed by atoms with Gasteiger partial charge in [0.2, 0.25) is 5.91 Å². The van der Waals surface area contributed by atoms with Gasteiger partial charge in [-0.1, -0.05) is 13.8 Å². The monoisotopic (exact) mass is 558 g/mol. The van der Waals surface area contributed by atoms with Gasteiger partial charge in [0, 0.05) is 34.9 Å². The summed E-state index contributed by atoms with van der Waals surface area (Å²) >= 11 is 0. The number of nitriles is 1. The number of carbonyl (C=O) groups is 1. The number of ether oxygens (including phenoxy) is 1. The molecule has 7 rings (SSSR count). The number of nitrogens with zero attached hydrogens (tertiary/aromatic N) is 5. The molecule has 0 radical (unpaired) electrons. The molecule has 0 spiro atoms. The zero-order valence-corrected chi connectivity index (χ0v) is 24.0. The normalized spacial score (nSPS) is 25.9. The van der Waals surface area contributed by atoms with Crippen LogP contribution >= 0.6 is 0 Å². The first kappa shape index (κ1) is 27.5. The summed E-state index contributed by atoms with van der Waals surface area (Å²) in [6.07, 6.45) is 8.92. The summed E-state index contributed by atoms with van der Waals surface area (Å²) in [6.45, 7) is 7.19. The Morgan fingerprint density at radius 1 is 1.24 bits per heavy atom. The number of anilines is 1. The van der Waals surface area contributed by atoms with Crippen molar-refractivity contribution in [1.29, 1.82) is 5.26 Å². The highest BCUT2D eigenvalue weighted by molar-refractivity contribution is 5.85. The largest absolute Gasteiger partial charge is 0.489 e. The van der Waals surface area contributed by atoms with E-state index in [2.05, 4.69) is 21.4 Å². The maximum atomic E-state index is 12.8. The Hall–Kier alpha value is -3.68. The molecular weight excluding hydrogens is 520 g/mol. The summed E-state index contributed by atoms with van der Waals surface area (Å²) in [5, 5.41) is 37.8.